The van der Waals surface area contributed by atoms with Gasteiger partial charge in [0, 0.05) is 21.2 Å². The molecule has 1 nitrogen and oxygen atoms in total. The predicted molar refractivity (Wildman–Crippen MR) is 184 cm³/mol. The monoisotopic (exact) mass is 576 g/mol. The second-order valence-corrected chi connectivity index (χ2v) is 17.3. The smallest absolute Gasteiger partial charge is 0.200 e. The van der Waals surface area contributed by atoms with Crippen molar-refractivity contribution in [1.29, 1.82) is 0 Å². The maximum Gasteiger partial charge on any atom is 0.222 e. The molecule has 218 valence electrons. The topological polar surface area (TPSA) is 3.88 Å². The average Bonchev–Trinajstić information content (AvgIpc) is 2.89. The Morgan fingerprint density at radius 3 is 2.12 bits per heavy atom. The van der Waals surface area contributed by atoms with E-state index >= 15 is 0 Å². The maximum absolute atomic E-state index is 9.35. The van der Waals surface area contributed by atoms with Crippen molar-refractivity contribution in [3.63, 3.8) is 0 Å². The largest absolute Gasteiger partial charge is 0.222 e. The van der Waals surface area contributed by atoms with Gasteiger partial charge in [0.1, 0.15) is 8.42 Å². The molecular weight excluding hydrogens is 527 g/mol. The number of rotatable bonds is 3. The molecule has 6 rings (SSSR count). The number of hydrogen-bond acceptors (Lipinski definition) is 1. The standard InChI is InChI=1S/C40H48NS/c1-24-30-19-25(21-38(2,3)4)15-16-28(30)31(23-40(8,9)10)37-33(24)36-35-29(17-18-41(36)11)34-26(20-32(35)42-37)13-12-14-27(34)22-39(5,6)7/h12-20H,21-23H2,1-11H3/q+1/i17D,18D. The van der Waals surface area contributed by atoms with Crippen LogP contribution in [0.25, 0.3) is 43.6 Å². The molecule has 0 saturated carbocycles. The summed E-state index contributed by atoms with van der Waals surface area (Å²) in [5.74, 6) is 0. The number of aromatic nitrogens is 1. The maximum atomic E-state index is 9.35. The fraction of sp³-hybridized carbons (Fsp3) is 0.425. The molecule has 42 heavy (non-hydrogen) atoms. The van der Waals surface area contributed by atoms with Crippen LogP contribution in [0.1, 0.15) is 87.3 Å². The normalized spacial score (nSPS) is 14.5. The molecule has 0 bridgehead atoms. The molecule has 1 aliphatic heterocycles. The summed E-state index contributed by atoms with van der Waals surface area (Å²) in [4.78, 5) is 2.52. The molecule has 1 aliphatic rings. The molecular formula is C40H48NS+. The SMILES string of the molecule is [2H]c1c([2H])[n+](C)c2c3c(cc4cccc(CC(C)(C)C)c4c13)Sc1c-2c(C)c2cc(CC(C)(C)C)ccc2c1CC(C)(C)C. The van der Waals surface area contributed by atoms with Crippen molar-refractivity contribution in [3.8, 4) is 11.3 Å². The van der Waals surface area contributed by atoms with Crippen molar-refractivity contribution in [2.75, 3.05) is 0 Å². The Labute approximate surface area is 260 Å². The Balaban J connectivity index is 1.79. The second kappa shape index (κ2) is 9.84. The first-order valence-corrected chi connectivity index (χ1v) is 16.3. The van der Waals surface area contributed by atoms with Gasteiger partial charge in [-0.1, -0.05) is 110 Å². The Morgan fingerprint density at radius 1 is 0.762 bits per heavy atom. The van der Waals surface area contributed by atoms with Gasteiger partial charge >= 0.3 is 0 Å². The second-order valence-electron chi connectivity index (χ2n) is 16.3. The molecule has 0 amide bonds. The van der Waals surface area contributed by atoms with E-state index in [1.165, 1.54) is 53.8 Å². The summed E-state index contributed by atoms with van der Waals surface area (Å²) in [6.07, 6.45) is 3.18. The van der Waals surface area contributed by atoms with Crippen LogP contribution in [0.3, 0.4) is 0 Å². The predicted octanol–water partition coefficient (Wildman–Crippen LogP) is 11.2. The highest BCUT2D eigenvalue weighted by molar-refractivity contribution is 8.00. The fourth-order valence-electron chi connectivity index (χ4n) is 7.00. The third kappa shape index (κ3) is 5.25. The highest BCUT2D eigenvalue weighted by Crippen LogP contribution is 2.54. The summed E-state index contributed by atoms with van der Waals surface area (Å²) in [6.45, 7) is 23.0. The van der Waals surface area contributed by atoms with E-state index < -0.39 is 0 Å². The van der Waals surface area contributed by atoms with E-state index in [0.717, 1.165) is 41.1 Å². The Morgan fingerprint density at radius 2 is 1.45 bits per heavy atom. The van der Waals surface area contributed by atoms with Gasteiger partial charge in [-0.3, -0.25) is 0 Å². The van der Waals surface area contributed by atoms with Crippen LogP contribution in [0.2, 0.25) is 0 Å². The molecule has 0 saturated heterocycles. The number of pyridine rings is 1. The van der Waals surface area contributed by atoms with E-state index in [4.69, 9.17) is 0 Å². The first-order valence-electron chi connectivity index (χ1n) is 16.5. The van der Waals surface area contributed by atoms with Gasteiger partial charge in [0.05, 0.1) is 12.3 Å². The van der Waals surface area contributed by atoms with Crippen molar-refractivity contribution in [2.45, 2.75) is 98.3 Å². The fourth-order valence-corrected chi connectivity index (χ4v) is 8.36. The van der Waals surface area contributed by atoms with E-state index in [-0.39, 0.29) is 22.4 Å². The van der Waals surface area contributed by atoms with E-state index in [9.17, 15) is 2.74 Å². The van der Waals surface area contributed by atoms with Crippen molar-refractivity contribution >= 4 is 44.1 Å². The van der Waals surface area contributed by atoms with Crippen molar-refractivity contribution in [1.82, 2.24) is 0 Å². The third-order valence-electron chi connectivity index (χ3n) is 8.44. The van der Waals surface area contributed by atoms with Gasteiger partial charge in [-0.05, 0) is 92.3 Å². The summed E-state index contributed by atoms with van der Waals surface area (Å²) in [6, 6.07) is 16.4. The number of hydrogen-bond donors (Lipinski definition) is 0. The molecule has 2 heteroatoms. The van der Waals surface area contributed by atoms with Gasteiger partial charge in [-0.2, -0.15) is 0 Å². The van der Waals surface area contributed by atoms with Crippen LogP contribution in [0.5, 0.6) is 0 Å². The van der Waals surface area contributed by atoms with E-state index in [2.05, 4.69) is 112 Å². The molecule has 0 aliphatic carbocycles. The average molecular weight is 577 g/mol. The van der Waals surface area contributed by atoms with E-state index in [1.807, 2.05) is 23.4 Å². The zero-order chi connectivity index (χ0) is 32.1. The third-order valence-corrected chi connectivity index (χ3v) is 9.63. The summed E-state index contributed by atoms with van der Waals surface area (Å²) >= 11 is 1.88. The number of benzene rings is 4. The van der Waals surface area contributed by atoms with Gasteiger partial charge in [-0.15, -0.1) is 0 Å². The van der Waals surface area contributed by atoms with E-state index in [0.29, 0.717) is 6.04 Å². The highest BCUT2D eigenvalue weighted by Gasteiger charge is 2.34. The van der Waals surface area contributed by atoms with Crippen LogP contribution >= 0.6 is 11.8 Å². The van der Waals surface area contributed by atoms with Crippen molar-refractivity contribution < 1.29 is 7.31 Å². The minimum Gasteiger partial charge on any atom is -0.200 e. The van der Waals surface area contributed by atoms with Crippen LogP contribution in [-0.4, -0.2) is 0 Å². The zero-order valence-electron chi connectivity index (χ0n) is 29.5. The summed E-state index contributed by atoms with van der Waals surface area (Å²) in [7, 11) is 1.99. The lowest BCUT2D eigenvalue weighted by Gasteiger charge is -2.29. The van der Waals surface area contributed by atoms with Gasteiger partial charge < -0.3 is 0 Å². The Bertz CT molecular complexity index is 2000. The number of fused-ring (bicyclic) bond motifs is 5. The molecule has 0 spiro atoms. The number of nitrogens with zero attached hydrogens (tertiary/aromatic N) is 1. The zero-order valence-corrected chi connectivity index (χ0v) is 28.3. The highest BCUT2D eigenvalue weighted by atomic mass is 32.2. The van der Waals surface area contributed by atoms with Gasteiger partial charge in [0.25, 0.3) is 0 Å². The van der Waals surface area contributed by atoms with Crippen molar-refractivity contribution in [3.05, 3.63) is 76.9 Å². The minimum absolute atomic E-state index is 0.105. The molecule has 0 N–H and O–H groups in total. The molecule has 4 aromatic carbocycles. The summed E-state index contributed by atoms with van der Waals surface area (Å²) in [5.41, 5.74) is 8.07. The minimum atomic E-state index is 0.105. The number of aryl methyl sites for hydroxylation is 1. The van der Waals surface area contributed by atoms with Gasteiger partial charge in [0.2, 0.25) is 5.69 Å². The van der Waals surface area contributed by atoms with Gasteiger partial charge in [0.15, 0.2) is 6.17 Å². The summed E-state index contributed by atoms with van der Waals surface area (Å²) in [5, 5.41) is 7.05. The van der Waals surface area contributed by atoms with Crippen molar-refractivity contribution in [2.24, 2.45) is 23.3 Å². The first-order chi connectivity index (χ1) is 20.3. The molecule has 0 fully saturated rings. The molecule has 2 heterocycles. The first kappa shape index (κ1) is 26.8. The van der Waals surface area contributed by atoms with Crippen LogP contribution < -0.4 is 4.57 Å². The van der Waals surface area contributed by atoms with Gasteiger partial charge in [-0.25, -0.2) is 4.57 Å². The molecule has 5 aromatic rings. The lowest BCUT2D eigenvalue weighted by Crippen LogP contribution is -2.32. The molecule has 0 radical (unpaired) electrons. The van der Waals surface area contributed by atoms with Crippen LogP contribution in [0.15, 0.2) is 64.5 Å². The van der Waals surface area contributed by atoms with Crippen LogP contribution in [0.4, 0.5) is 0 Å². The Hall–Kier alpha value is -2.84. The molecule has 1 aromatic heterocycles. The lowest BCUT2D eigenvalue weighted by molar-refractivity contribution is -0.659. The quantitative estimate of drug-likeness (QED) is 0.150. The van der Waals surface area contributed by atoms with Crippen LogP contribution in [0, 0.1) is 23.2 Å². The molecule has 0 unspecified atom stereocenters. The van der Waals surface area contributed by atoms with Crippen LogP contribution in [-0.2, 0) is 26.3 Å². The van der Waals surface area contributed by atoms with E-state index in [1.54, 1.807) is 0 Å². The lowest BCUT2D eigenvalue weighted by atomic mass is 9.81. The Kier molecular flexibility index (Phi) is 6.27. The molecule has 0 atom stereocenters. The summed E-state index contributed by atoms with van der Waals surface area (Å²) < 4.78 is 20.6.